The lowest BCUT2D eigenvalue weighted by Crippen LogP contribution is -2.01. The van der Waals surface area contributed by atoms with Gasteiger partial charge >= 0.3 is 0 Å². The van der Waals surface area contributed by atoms with Gasteiger partial charge < -0.3 is 5.73 Å². The van der Waals surface area contributed by atoms with Gasteiger partial charge in [0, 0.05) is 19.0 Å². The summed E-state index contributed by atoms with van der Waals surface area (Å²) in [5, 5.41) is 0. The van der Waals surface area contributed by atoms with Crippen LogP contribution in [-0.4, -0.2) is 18.6 Å². The van der Waals surface area contributed by atoms with Crippen LogP contribution >= 0.6 is 11.8 Å². The summed E-state index contributed by atoms with van der Waals surface area (Å²) >= 11 is 1.58. The number of hydrogen-bond acceptors (Lipinski definition) is 3. The molecule has 10 heavy (non-hydrogen) atoms. The fourth-order valence-electron chi connectivity index (χ4n) is 0.793. The van der Waals surface area contributed by atoms with Crippen LogP contribution < -0.4 is 5.73 Å². The van der Waals surface area contributed by atoms with Crippen LogP contribution in [0.4, 0.5) is 0 Å². The van der Waals surface area contributed by atoms with Crippen molar-refractivity contribution in [3.8, 4) is 0 Å². The molecule has 1 rings (SSSR count). The summed E-state index contributed by atoms with van der Waals surface area (Å²) < 4.78 is 0. The summed E-state index contributed by atoms with van der Waals surface area (Å²) in [5.41, 5.74) is 7.42. The second-order valence-electron chi connectivity index (χ2n) is 2.45. The van der Waals surface area contributed by atoms with Crippen molar-refractivity contribution in [1.29, 1.82) is 0 Å². The molecule has 0 saturated heterocycles. The van der Waals surface area contributed by atoms with Gasteiger partial charge in [-0.3, -0.25) is 4.99 Å². The maximum absolute atomic E-state index is 5.62. The van der Waals surface area contributed by atoms with Crippen molar-refractivity contribution in [2.24, 2.45) is 16.6 Å². The predicted molar refractivity (Wildman–Crippen MR) is 47.2 cm³/mol. The normalized spacial score (nSPS) is 31.0. The van der Waals surface area contributed by atoms with Crippen LogP contribution in [-0.2, 0) is 0 Å². The van der Waals surface area contributed by atoms with Crippen LogP contribution in [0, 0.1) is 5.92 Å². The van der Waals surface area contributed by atoms with Crippen LogP contribution in [0.1, 0.15) is 6.42 Å². The lowest BCUT2D eigenvalue weighted by Gasteiger charge is -1.95. The molecule has 0 aromatic heterocycles. The van der Waals surface area contributed by atoms with Crippen molar-refractivity contribution in [2.45, 2.75) is 12.5 Å². The molecule has 56 valence electrons. The van der Waals surface area contributed by atoms with E-state index in [0.717, 1.165) is 11.3 Å². The molecule has 0 aliphatic heterocycles. The molecule has 0 aromatic rings. The Bertz CT molecular complexity index is 165. The lowest BCUT2D eigenvalue weighted by molar-refractivity contribution is 0.968. The zero-order valence-corrected chi connectivity index (χ0v) is 6.90. The molecular weight excluding hydrogens is 144 g/mol. The third-order valence-electron chi connectivity index (χ3n) is 1.56. The summed E-state index contributed by atoms with van der Waals surface area (Å²) in [7, 11) is 1.76. The van der Waals surface area contributed by atoms with E-state index in [0.29, 0.717) is 12.0 Å². The Labute approximate surface area is 65.6 Å². The first-order chi connectivity index (χ1) is 4.75. The van der Waals surface area contributed by atoms with E-state index in [1.165, 1.54) is 0 Å². The fraction of sp³-hybridized carbons (Fsp3) is 0.571. The summed E-state index contributed by atoms with van der Waals surface area (Å²) in [6.07, 6.45) is 1.10. The van der Waals surface area contributed by atoms with Crippen molar-refractivity contribution in [1.82, 2.24) is 0 Å². The van der Waals surface area contributed by atoms with Crippen molar-refractivity contribution < 1.29 is 0 Å². The van der Waals surface area contributed by atoms with Gasteiger partial charge in [0.1, 0.15) is 0 Å². The molecule has 0 amide bonds. The number of aliphatic imine (C=N–C) groups is 1. The second-order valence-corrected chi connectivity index (χ2v) is 3.42. The van der Waals surface area contributed by atoms with Crippen LogP contribution in [0.5, 0.6) is 0 Å². The first kappa shape index (κ1) is 7.82. The van der Waals surface area contributed by atoms with Gasteiger partial charge in [0.25, 0.3) is 0 Å². The molecule has 2 N–H and O–H groups in total. The molecule has 1 aliphatic carbocycles. The van der Waals surface area contributed by atoms with E-state index < -0.39 is 0 Å². The Morgan fingerprint density at radius 3 is 2.90 bits per heavy atom. The summed E-state index contributed by atoms with van der Waals surface area (Å²) in [6.45, 7) is 3.90. The quantitative estimate of drug-likeness (QED) is 0.493. The molecular formula is C7H12N2S. The zero-order valence-electron chi connectivity index (χ0n) is 6.08. The zero-order chi connectivity index (χ0) is 7.56. The van der Waals surface area contributed by atoms with Crippen molar-refractivity contribution in [3.05, 3.63) is 11.5 Å². The first-order valence-corrected chi connectivity index (χ1v) is 4.15. The molecule has 1 aliphatic rings. The second kappa shape index (κ2) is 3.21. The Hall–Kier alpha value is -0.280. The highest BCUT2D eigenvalue weighted by Gasteiger charge is 2.35. The predicted octanol–water partition coefficient (Wildman–Crippen LogP) is 1.24. The van der Waals surface area contributed by atoms with Gasteiger partial charge in [0.15, 0.2) is 0 Å². The lowest BCUT2D eigenvalue weighted by atomic mass is 10.4. The highest BCUT2D eigenvalue weighted by Crippen LogP contribution is 2.39. The third-order valence-corrected chi connectivity index (χ3v) is 2.48. The number of thioether (sulfide) groups is 1. The van der Waals surface area contributed by atoms with Gasteiger partial charge in [-0.25, -0.2) is 0 Å². The van der Waals surface area contributed by atoms with E-state index in [2.05, 4.69) is 11.6 Å². The third kappa shape index (κ3) is 1.85. The average Bonchev–Trinajstić information content (AvgIpc) is 2.62. The van der Waals surface area contributed by atoms with E-state index in [1.54, 1.807) is 24.4 Å². The SMILES string of the molecule is C=C(S/C=N\C)[C@H]1C[C@@H]1N. The molecule has 0 aromatic carbocycles. The minimum Gasteiger partial charge on any atom is -0.327 e. The molecule has 2 atom stereocenters. The van der Waals surface area contributed by atoms with Crippen LogP contribution in [0.25, 0.3) is 0 Å². The molecule has 0 radical (unpaired) electrons. The van der Waals surface area contributed by atoms with Crippen molar-refractivity contribution in [3.63, 3.8) is 0 Å². The average molecular weight is 156 g/mol. The first-order valence-electron chi connectivity index (χ1n) is 3.27. The van der Waals surface area contributed by atoms with Crippen molar-refractivity contribution in [2.75, 3.05) is 7.05 Å². The summed E-state index contributed by atoms with van der Waals surface area (Å²) in [4.78, 5) is 5.00. The van der Waals surface area contributed by atoms with Gasteiger partial charge in [-0.15, -0.1) is 0 Å². The Balaban J connectivity index is 2.23. The fourth-order valence-corrected chi connectivity index (χ4v) is 1.48. The Morgan fingerprint density at radius 1 is 1.90 bits per heavy atom. The highest BCUT2D eigenvalue weighted by molar-refractivity contribution is 8.15. The molecule has 1 saturated carbocycles. The number of nitrogens with zero attached hydrogens (tertiary/aromatic N) is 1. The van der Waals surface area contributed by atoms with Gasteiger partial charge in [-0.05, 0) is 11.3 Å². The molecule has 2 nitrogen and oxygen atoms in total. The molecule has 3 heteroatoms. The van der Waals surface area contributed by atoms with E-state index in [-0.39, 0.29) is 0 Å². The molecule has 0 spiro atoms. The van der Waals surface area contributed by atoms with Gasteiger partial charge in [0.2, 0.25) is 0 Å². The highest BCUT2D eigenvalue weighted by atomic mass is 32.2. The van der Waals surface area contributed by atoms with E-state index >= 15 is 0 Å². The van der Waals surface area contributed by atoms with E-state index in [1.807, 2.05) is 0 Å². The smallest absolute Gasteiger partial charge is 0.0582 e. The Morgan fingerprint density at radius 2 is 2.50 bits per heavy atom. The molecule has 0 bridgehead atoms. The summed E-state index contributed by atoms with van der Waals surface area (Å²) in [6, 6.07) is 0.366. The largest absolute Gasteiger partial charge is 0.327 e. The van der Waals surface area contributed by atoms with Crippen LogP contribution in [0.3, 0.4) is 0 Å². The van der Waals surface area contributed by atoms with Crippen LogP contribution in [0.15, 0.2) is 16.5 Å². The van der Waals surface area contributed by atoms with Gasteiger partial charge in [0.05, 0.1) is 5.55 Å². The standard InChI is InChI=1S/C7H12N2S/c1-5(10-4-9-2)6-3-7(6)8/h4,6-7H,1,3,8H2,2H3/b9-4-/t6-,7+/m1/s1. The van der Waals surface area contributed by atoms with E-state index in [4.69, 9.17) is 5.73 Å². The Kier molecular flexibility index (Phi) is 2.51. The van der Waals surface area contributed by atoms with Crippen molar-refractivity contribution >= 4 is 17.3 Å². The monoisotopic (exact) mass is 156 g/mol. The minimum atomic E-state index is 0.366. The topological polar surface area (TPSA) is 38.4 Å². The van der Waals surface area contributed by atoms with Gasteiger partial charge in [-0.1, -0.05) is 18.3 Å². The number of rotatable bonds is 3. The minimum absolute atomic E-state index is 0.366. The molecule has 1 fully saturated rings. The van der Waals surface area contributed by atoms with Gasteiger partial charge in [-0.2, -0.15) is 0 Å². The number of hydrogen-bond donors (Lipinski definition) is 1. The summed E-state index contributed by atoms with van der Waals surface area (Å²) in [5.74, 6) is 0.544. The molecule has 0 heterocycles. The maximum atomic E-state index is 5.62. The number of nitrogens with two attached hydrogens (primary N) is 1. The molecule has 0 unspecified atom stereocenters. The van der Waals surface area contributed by atoms with E-state index in [9.17, 15) is 0 Å². The van der Waals surface area contributed by atoms with Crippen LogP contribution in [0.2, 0.25) is 0 Å². The maximum Gasteiger partial charge on any atom is 0.0582 e.